The van der Waals surface area contributed by atoms with E-state index in [4.69, 9.17) is 0 Å². The second kappa shape index (κ2) is 5.69. The molecule has 2 rings (SSSR count). The third kappa shape index (κ3) is 3.22. The first-order valence-electron chi connectivity index (χ1n) is 6.13. The Morgan fingerprint density at radius 3 is 2.94 bits per heavy atom. The van der Waals surface area contributed by atoms with E-state index in [0.29, 0.717) is 6.04 Å². The van der Waals surface area contributed by atoms with E-state index in [9.17, 15) is 8.42 Å². The molecular weight excluding hydrogens is 250 g/mol. The molecule has 0 radical (unpaired) electrons. The van der Waals surface area contributed by atoms with Crippen molar-refractivity contribution < 1.29 is 8.42 Å². The Balaban J connectivity index is 2.03. The van der Waals surface area contributed by atoms with Gasteiger partial charge in [0.05, 0.1) is 4.90 Å². The highest BCUT2D eigenvalue weighted by atomic mass is 32.2. The number of rotatable bonds is 5. The van der Waals surface area contributed by atoms with E-state index < -0.39 is 10.0 Å². The molecule has 0 aromatic heterocycles. The summed E-state index contributed by atoms with van der Waals surface area (Å²) < 4.78 is 25.6. The Kier molecular flexibility index (Phi) is 4.21. The second-order valence-corrected chi connectivity index (χ2v) is 6.30. The summed E-state index contributed by atoms with van der Waals surface area (Å²) in [6.45, 7) is 1.89. The van der Waals surface area contributed by atoms with Gasteiger partial charge < -0.3 is 10.6 Å². The van der Waals surface area contributed by atoms with Crippen LogP contribution in [0.3, 0.4) is 0 Å². The number of hydrogen-bond acceptors (Lipinski definition) is 4. The minimum absolute atomic E-state index is 0.286. The maximum Gasteiger partial charge on any atom is 0.240 e. The molecule has 100 valence electrons. The van der Waals surface area contributed by atoms with Gasteiger partial charge in [-0.05, 0) is 44.6 Å². The predicted octanol–water partition coefficient (Wildman–Crippen LogP) is 0.759. The molecule has 1 aromatic rings. The average Bonchev–Trinajstić information content (AvgIpc) is 2.90. The summed E-state index contributed by atoms with van der Waals surface area (Å²) in [5.41, 5.74) is 0.833. The molecule has 3 N–H and O–H groups in total. The van der Waals surface area contributed by atoms with Gasteiger partial charge in [0.1, 0.15) is 0 Å². The van der Waals surface area contributed by atoms with Crippen LogP contribution in [0, 0.1) is 0 Å². The summed E-state index contributed by atoms with van der Waals surface area (Å²) in [5.74, 6) is 0. The maximum absolute atomic E-state index is 11.7. The lowest BCUT2D eigenvalue weighted by Crippen LogP contribution is -2.29. The van der Waals surface area contributed by atoms with Gasteiger partial charge in [0.2, 0.25) is 10.0 Å². The quantitative estimate of drug-likeness (QED) is 0.738. The zero-order chi connectivity index (χ0) is 13.0. The molecule has 1 saturated heterocycles. The van der Waals surface area contributed by atoms with Crippen LogP contribution in [0.5, 0.6) is 0 Å². The van der Waals surface area contributed by atoms with Crippen LogP contribution in [0.4, 0.5) is 5.69 Å². The Morgan fingerprint density at radius 1 is 1.44 bits per heavy atom. The first kappa shape index (κ1) is 13.3. The van der Waals surface area contributed by atoms with Crippen molar-refractivity contribution in [3.63, 3.8) is 0 Å². The van der Waals surface area contributed by atoms with Crippen LogP contribution in [-0.4, -0.2) is 34.6 Å². The van der Waals surface area contributed by atoms with Gasteiger partial charge in [-0.25, -0.2) is 13.1 Å². The number of hydrogen-bond donors (Lipinski definition) is 3. The zero-order valence-corrected chi connectivity index (χ0v) is 11.3. The lowest BCUT2D eigenvalue weighted by Gasteiger charge is -2.13. The lowest BCUT2D eigenvalue weighted by molar-refractivity contribution is 0.588. The number of anilines is 1. The molecule has 1 unspecified atom stereocenters. The fraction of sp³-hybridized carbons (Fsp3) is 0.500. The summed E-state index contributed by atoms with van der Waals surface area (Å²) in [6.07, 6.45) is 2.38. The molecule has 6 heteroatoms. The van der Waals surface area contributed by atoms with E-state index in [1.165, 1.54) is 19.9 Å². The smallest absolute Gasteiger partial charge is 0.240 e. The fourth-order valence-electron chi connectivity index (χ4n) is 2.06. The first-order valence-corrected chi connectivity index (χ1v) is 7.61. The van der Waals surface area contributed by atoms with Crippen LogP contribution in [0.15, 0.2) is 29.2 Å². The van der Waals surface area contributed by atoms with Crippen molar-refractivity contribution in [3.05, 3.63) is 24.3 Å². The van der Waals surface area contributed by atoms with Crippen LogP contribution >= 0.6 is 0 Å². The van der Waals surface area contributed by atoms with E-state index in [-0.39, 0.29) is 4.90 Å². The largest absolute Gasteiger partial charge is 0.383 e. The topological polar surface area (TPSA) is 70.2 Å². The van der Waals surface area contributed by atoms with Gasteiger partial charge in [0, 0.05) is 18.3 Å². The highest BCUT2D eigenvalue weighted by Crippen LogP contribution is 2.15. The first-order chi connectivity index (χ1) is 8.62. The van der Waals surface area contributed by atoms with Crippen LogP contribution in [-0.2, 0) is 10.0 Å². The van der Waals surface area contributed by atoms with Crippen LogP contribution in [0.1, 0.15) is 12.8 Å². The Morgan fingerprint density at radius 2 is 2.28 bits per heavy atom. The van der Waals surface area contributed by atoms with Crippen molar-refractivity contribution in [2.45, 2.75) is 23.8 Å². The van der Waals surface area contributed by atoms with Crippen molar-refractivity contribution in [2.75, 3.05) is 25.5 Å². The van der Waals surface area contributed by atoms with Crippen LogP contribution in [0.2, 0.25) is 0 Å². The van der Waals surface area contributed by atoms with Crippen molar-refractivity contribution in [1.82, 2.24) is 10.0 Å². The molecule has 1 fully saturated rings. The average molecular weight is 269 g/mol. The molecule has 0 bridgehead atoms. The number of benzene rings is 1. The van der Waals surface area contributed by atoms with Gasteiger partial charge in [-0.3, -0.25) is 0 Å². The molecule has 1 aliphatic rings. The zero-order valence-electron chi connectivity index (χ0n) is 10.4. The monoisotopic (exact) mass is 269 g/mol. The van der Waals surface area contributed by atoms with Gasteiger partial charge in [-0.2, -0.15) is 0 Å². The molecule has 1 atom stereocenters. The van der Waals surface area contributed by atoms with Crippen molar-refractivity contribution in [3.8, 4) is 0 Å². The van der Waals surface area contributed by atoms with Gasteiger partial charge in [0.25, 0.3) is 0 Å². The molecule has 0 spiro atoms. The Bertz CT molecular complexity index is 496. The lowest BCUT2D eigenvalue weighted by atomic mass is 10.2. The highest BCUT2D eigenvalue weighted by molar-refractivity contribution is 7.89. The van der Waals surface area contributed by atoms with Crippen molar-refractivity contribution >= 4 is 15.7 Å². The van der Waals surface area contributed by atoms with Gasteiger partial charge >= 0.3 is 0 Å². The molecular formula is C12H19N3O2S. The minimum Gasteiger partial charge on any atom is -0.383 e. The third-order valence-corrected chi connectivity index (χ3v) is 4.54. The molecule has 1 aromatic carbocycles. The standard InChI is InChI=1S/C12H19N3O2S/c1-13-18(16,17)12-6-2-4-10(8-12)15-9-11-5-3-7-14-11/h2,4,6,8,11,13-15H,3,5,7,9H2,1H3. The van der Waals surface area contributed by atoms with Crippen molar-refractivity contribution in [1.29, 1.82) is 0 Å². The van der Waals surface area contributed by atoms with E-state index >= 15 is 0 Å². The Hall–Kier alpha value is -1.11. The second-order valence-electron chi connectivity index (χ2n) is 4.41. The van der Waals surface area contributed by atoms with E-state index in [2.05, 4.69) is 15.4 Å². The highest BCUT2D eigenvalue weighted by Gasteiger charge is 2.14. The normalized spacial score (nSPS) is 19.9. The molecule has 1 aliphatic heterocycles. The summed E-state index contributed by atoms with van der Waals surface area (Å²) in [6, 6.07) is 7.35. The molecule has 1 heterocycles. The van der Waals surface area contributed by atoms with Crippen LogP contribution < -0.4 is 15.4 Å². The van der Waals surface area contributed by atoms with Crippen molar-refractivity contribution in [2.24, 2.45) is 0 Å². The summed E-state index contributed by atoms with van der Waals surface area (Å²) in [5, 5.41) is 6.66. The SMILES string of the molecule is CNS(=O)(=O)c1cccc(NCC2CCCN2)c1. The summed E-state index contributed by atoms with van der Waals surface area (Å²) in [7, 11) is -1.95. The molecule has 18 heavy (non-hydrogen) atoms. The minimum atomic E-state index is -3.36. The maximum atomic E-state index is 11.7. The van der Waals surface area contributed by atoms with Gasteiger partial charge in [-0.1, -0.05) is 6.07 Å². The third-order valence-electron chi connectivity index (χ3n) is 3.13. The number of nitrogens with one attached hydrogen (secondary N) is 3. The van der Waals surface area contributed by atoms with E-state index in [1.54, 1.807) is 18.2 Å². The molecule has 0 amide bonds. The molecule has 5 nitrogen and oxygen atoms in total. The molecule has 0 saturated carbocycles. The van der Waals surface area contributed by atoms with Gasteiger partial charge in [0.15, 0.2) is 0 Å². The van der Waals surface area contributed by atoms with E-state index in [0.717, 1.165) is 18.8 Å². The Labute approximate surface area is 108 Å². The van der Waals surface area contributed by atoms with E-state index in [1.807, 2.05) is 6.07 Å². The van der Waals surface area contributed by atoms with Crippen LogP contribution in [0.25, 0.3) is 0 Å². The predicted molar refractivity (Wildman–Crippen MR) is 72.2 cm³/mol. The summed E-state index contributed by atoms with van der Waals surface area (Å²) in [4.78, 5) is 0.286. The summed E-state index contributed by atoms with van der Waals surface area (Å²) >= 11 is 0. The fourth-order valence-corrected chi connectivity index (χ4v) is 2.84. The van der Waals surface area contributed by atoms with Gasteiger partial charge in [-0.15, -0.1) is 0 Å². The molecule has 0 aliphatic carbocycles. The number of sulfonamides is 1.